The molecule has 1 aliphatic carbocycles. The van der Waals surface area contributed by atoms with Crippen LogP contribution in [-0.4, -0.2) is 17.6 Å². The van der Waals surface area contributed by atoms with Gasteiger partial charge >= 0.3 is 0 Å². The van der Waals surface area contributed by atoms with Crippen LogP contribution < -0.4 is 10.1 Å². The van der Waals surface area contributed by atoms with E-state index in [9.17, 15) is 10.1 Å². The third-order valence-corrected chi connectivity index (χ3v) is 3.65. The molecular weight excluding hydrogens is 256 g/mol. The number of hydrogen-bond donors (Lipinski definition) is 1. The molecular formula is C15H22N2O3. The zero-order valence-corrected chi connectivity index (χ0v) is 12.1. The molecule has 0 aliphatic heterocycles. The predicted molar refractivity (Wildman–Crippen MR) is 77.9 cm³/mol. The molecule has 20 heavy (non-hydrogen) atoms. The molecule has 1 aromatic rings. The fourth-order valence-corrected chi connectivity index (χ4v) is 2.14. The minimum atomic E-state index is -0.366. The van der Waals surface area contributed by atoms with Crippen molar-refractivity contribution < 1.29 is 9.66 Å². The molecule has 0 amide bonds. The lowest BCUT2D eigenvalue weighted by Crippen LogP contribution is -2.23. The number of ether oxygens (including phenoxy) is 1. The Morgan fingerprint density at radius 2 is 2.20 bits per heavy atom. The molecule has 0 radical (unpaired) electrons. The Morgan fingerprint density at radius 3 is 2.75 bits per heavy atom. The smallest absolute Gasteiger partial charge is 0.270 e. The molecule has 2 rings (SSSR count). The molecule has 0 unspecified atom stereocenters. The van der Waals surface area contributed by atoms with Gasteiger partial charge in [-0.05, 0) is 24.8 Å². The number of nitrogens with one attached hydrogen (secondary N) is 1. The predicted octanol–water partition coefficient (Wildman–Crippen LogP) is 3.27. The van der Waals surface area contributed by atoms with E-state index >= 15 is 0 Å². The van der Waals surface area contributed by atoms with Crippen LogP contribution in [0.3, 0.4) is 0 Å². The van der Waals surface area contributed by atoms with Crippen LogP contribution in [0.4, 0.5) is 5.69 Å². The molecule has 0 spiro atoms. The minimum absolute atomic E-state index is 0.113. The van der Waals surface area contributed by atoms with Crippen molar-refractivity contribution in [3.05, 3.63) is 33.9 Å². The van der Waals surface area contributed by atoms with E-state index in [-0.39, 0.29) is 10.6 Å². The lowest BCUT2D eigenvalue weighted by molar-refractivity contribution is -0.384. The summed E-state index contributed by atoms with van der Waals surface area (Å²) in [6.07, 6.45) is 3.75. The van der Waals surface area contributed by atoms with Crippen molar-refractivity contribution in [2.75, 3.05) is 6.61 Å². The van der Waals surface area contributed by atoms with Crippen LogP contribution in [0, 0.1) is 16.0 Å². The van der Waals surface area contributed by atoms with Gasteiger partial charge in [0.1, 0.15) is 5.75 Å². The van der Waals surface area contributed by atoms with E-state index in [0.717, 1.165) is 11.3 Å². The maximum Gasteiger partial charge on any atom is 0.270 e. The molecule has 5 heteroatoms. The van der Waals surface area contributed by atoms with E-state index in [4.69, 9.17) is 4.74 Å². The highest BCUT2D eigenvalue weighted by Gasteiger charge is 2.19. The molecule has 1 saturated carbocycles. The standard InChI is InChI=1S/C15H22N2O3/c1-11(2)16-9-13-8-14(17(18)19)6-7-15(13)20-10-12-4-3-5-12/h6-8,11-12,16H,3-5,9-10H2,1-2H3. The van der Waals surface area contributed by atoms with Gasteiger partial charge in [0.05, 0.1) is 11.5 Å². The average molecular weight is 278 g/mol. The second-order valence-corrected chi connectivity index (χ2v) is 5.69. The summed E-state index contributed by atoms with van der Waals surface area (Å²) in [5.41, 5.74) is 0.966. The van der Waals surface area contributed by atoms with Gasteiger partial charge in [-0.1, -0.05) is 20.3 Å². The Hall–Kier alpha value is -1.62. The van der Waals surface area contributed by atoms with Crippen LogP contribution in [0.2, 0.25) is 0 Å². The van der Waals surface area contributed by atoms with Crippen molar-refractivity contribution in [1.82, 2.24) is 5.32 Å². The molecule has 110 valence electrons. The van der Waals surface area contributed by atoms with Gasteiger partial charge in [-0.2, -0.15) is 0 Å². The third-order valence-electron chi connectivity index (χ3n) is 3.65. The van der Waals surface area contributed by atoms with E-state index in [1.165, 1.54) is 25.3 Å². The Balaban J connectivity index is 2.07. The van der Waals surface area contributed by atoms with Crippen molar-refractivity contribution in [2.45, 2.75) is 45.7 Å². The number of nitro benzene ring substituents is 1. The Morgan fingerprint density at radius 1 is 1.45 bits per heavy atom. The van der Waals surface area contributed by atoms with E-state index < -0.39 is 0 Å². The molecule has 1 N–H and O–H groups in total. The zero-order valence-electron chi connectivity index (χ0n) is 12.1. The molecule has 0 saturated heterocycles. The van der Waals surface area contributed by atoms with E-state index in [2.05, 4.69) is 5.32 Å². The first-order valence-corrected chi connectivity index (χ1v) is 7.19. The van der Waals surface area contributed by atoms with Gasteiger partial charge in [0.15, 0.2) is 0 Å². The molecule has 0 heterocycles. The highest BCUT2D eigenvalue weighted by molar-refractivity contribution is 5.43. The Labute approximate surface area is 119 Å². The van der Waals surface area contributed by atoms with Crippen molar-refractivity contribution >= 4 is 5.69 Å². The molecule has 1 aromatic carbocycles. The summed E-state index contributed by atoms with van der Waals surface area (Å²) < 4.78 is 5.85. The monoisotopic (exact) mass is 278 g/mol. The van der Waals surface area contributed by atoms with Crippen molar-refractivity contribution in [3.63, 3.8) is 0 Å². The van der Waals surface area contributed by atoms with Crippen LogP contribution in [0.15, 0.2) is 18.2 Å². The van der Waals surface area contributed by atoms with E-state index in [0.29, 0.717) is 25.1 Å². The summed E-state index contributed by atoms with van der Waals surface area (Å²) in [6, 6.07) is 5.16. The lowest BCUT2D eigenvalue weighted by atomic mass is 9.86. The van der Waals surface area contributed by atoms with E-state index in [1.807, 2.05) is 13.8 Å². The van der Waals surface area contributed by atoms with Crippen molar-refractivity contribution in [3.8, 4) is 5.75 Å². The van der Waals surface area contributed by atoms with Gasteiger partial charge in [-0.25, -0.2) is 0 Å². The van der Waals surface area contributed by atoms with Gasteiger partial charge < -0.3 is 10.1 Å². The maximum atomic E-state index is 10.9. The quantitative estimate of drug-likeness (QED) is 0.614. The van der Waals surface area contributed by atoms with Gasteiger partial charge in [0.2, 0.25) is 0 Å². The number of hydrogen-bond acceptors (Lipinski definition) is 4. The highest BCUT2D eigenvalue weighted by atomic mass is 16.6. The topological polar surface area (TPSA) is 64.4 Å². The minimum Gasteiger partial charge on any atom is -0.493 e. The summed E-state index contributed by atoms with van der Waals surface area (Å²) in [5, 5.41) is 14.1. The maximum absolute atomic E-state index is 10.9. The van der Waals surface area contributed by atoms with Crippen molar-refractivity contribution in [2.24, 2.45) is 5.92 Å². The SMILES string of the molecule is CC(C)NCc1cc([N+](=O)[O-])ccc1OCC1CCC1. The molecule has 1 aliphatic rings. The fraction of sp³-hybridized carbons (Fsp3) is 0.600. The lowest BCUT2D eigenvalue weighted by Gasteiger charge is -2.25. The van der Waals surface area contributed by atoms with Crippen LogP contribution in [0.1, 0.15) is 38.7 Å². The van der Waals surface area contributed by atoms with Crippen LogP contribution in [-0.2, 0) is 6.54 Å². The summed E-state index contributed by atoms with van der Waals surface area (Å²) in [7, 11) is 0. The van der Waals surface area contributed by atoms with Gasteiger partial charge in [-0.3, -0.25) is 10.1 Å². The third kappa shape index (κ3) is 3.93. The molecule has 0 atom stereocenters. The van der Waals surface area contributed by atoms with Crippen molar-refractivity contribution in [1.29, 1.82) is 0 Å². The summed E-state index contributed by atoms with van der Waals surface area (Å²) in [5.74, 6) is 1.41. The molecule has 0 bridgehead atoms. The number of benzene rings is 1. The normalized spacial score (nSPS) is 15.2. The van der Waals surface area contributed by atoms with Crippen LogP contribution in [0.5, 0.6) is 5.75 Å². The number of non-ortho nitro benzene ring substituents is 1. The largest absolute Gasteiger partial charge is 0.493 e. The molecule has 1 fully saturated rings. The summed E-state index contributed by atoms with van der Waals surface area (Å²) in [6.45, 7) is 5.39. The van der Waals surface area contributed by atoms with Gasteiger partial charge in [0.25, 0.3) is 5.69 Å². The van der Waals surface area contributed by atoms with Gasteiger partial charge in [-0.15, -0.1) is 0 Å². The van der Waals surface area contributed by atoms with Crippen LogP contribution in [0.25, 0.3) is 0 Å². The second-order valence-electron chi connectivity index (χ2n) is 5.69. The average Bonchev–Trinajstić information content (AvgIpc) is 2.35. The first kappa shape index (κ1) is 14.8. The Bertz CT molecular complexity index is 470. The molecule has 5 nitrogen and oxygen atoms in total. The first-order chi connectivity index (χ1) is 9.56. The number of rotatable bonds is 7. The van der Waals surface area contributed by atoms with Crippen LogP contribution >= 0.6 is 0 Å². The number of nitro groups is 1. The van der Waals surface area contributed by atoms with E-state index in [1.54, 1.807) is 12.1 Å². The summed E-state index contributed by atoms with van der Waals surface area (Å²) in [4.78, 5) is 10.5. The first-order valence-electron chi connectivity index (χ1n) is 7.19. The Kier molecular flexibility index (Phi) is 4.95. The van der Waals surface area contributed by atoms with Gasteiger partial charge in [0, 0.05) is 30.3 Å². The highest BCUT2D eigenvalue weighted by Crippen LogP contribution is 2.29. The second kappa shape index (κ2) is 6.70. The molecule has 0 aromatic heterocycles. The number of nitrogens with zero attached hydrogens (tertiary/aromatic N) is 1. The fourth-order valence-electron chi connectivity index (χ4n) is 2.14. The zero-order chi connectivity index (χ0) is 14.5. The summed E-state index contributed by atoms with van der Waals surface area (Å²) >= 11 is 0.